The van der Waals surface area contributed by atoms with E-state index in [-0.39, 0.29) is 25.0 Å². The number of benzene rings is 4. The molecule has 0 aliphatic heterocycles. The van der Waals surface area contributed by atoms with Crippen molar-refractivity contribution >= 4 is 34.2 Å². The lowest BCUT2D eigenvalue weighted by Gasteiger charge is -2.31. The molecule has 0 saturated heterocycles. The van der Waals surface area contributed by atoms with E-state index in [1.165, 1.54) is 0 Å². The zero-order chi connectivity index (χ0) is 26.7. The van der Waals surface area contributed by atoms with Gasteiger partial charge < -0.3 is 15.0 Å². The van der Waals surface area contributed by atoms with Gasteiger partial charge in [-0.25, -0.2) is 0 Å². The highest BCUT2D eigenvalue weighted by molar-refractivity contribution is 6.30. The van der Waals surface area contributed by atoms with Gasteiger partial charge in [-0.2, -0.15) is 0 Å². The summed E-state index contributed by atoms with van der Waals surface area (Å²) in [7, 11) is 0. The summed E-state index contributed by atoms with van der Waals surface area (Å²) in [5.74, 6) is 0.179. The van der Waals surface area contributed by atoms with E-state index < -0.39 is 6.04 Å². The molecule has 2 amide bonds. The molecule has 0 fully saturated rings. The predicted octanol–water partition coefficient (Wildman–Crippen LogP) is 6.43. The number of carbonyl (C=O) groups excluding carboxylic acids is 2. The van der Waals surface area contributed by atoms with E-state index in [0.29, 0.717) is 23.7 Å². The summed E-state index contributed by atoms with van der Waals surface area (Å²) in [4.78, 5) is 28.9. The van der Waals surface area contributed by atoms with Crippen LogP contribution >= 0.6 is 11.6 Å². The van der Waals surface area contributed by atoms with Crippen LogP contribution in [0.15, 0.2) is 97.1 Å². The Morgan fingerprint density at radius 2 is 1.61 bits per heavy atom. The Balaban J connectivity index is 1.63. The Hall–Kier alpha value is -3.83. The average Bonchev–Trinajstić information content (AvgIpc) is 2.94. The summed E-state index contributed by atoms with van der Waals surface area (Å²) in [5, 5.41) is 5.58. The molecule has 0 aliphatic carbocycles. The first-order valence-electron chi connectivity index (χ1n) is 13.0. The van der Waals surface area contributed by atoms with Crippen LogP contribution in [0, 0.1) is 0 Å². The molecular weight excluding hydrogens is 496 g/mol. The van der Waals surface area contributed by atoms with Gasteiger partial charge in [0.1, 0.15) is 11.8 Å². The summed E-state index contributed by atoms with van der Waals surface area (Å²) in [5.41, 5.74) is 1.82. The lowest BCUT2D eigenvalue weighted by molar-refractivity contribution is -0.142. The molecule has 0 heterocycles. The largest absolute Gasteiger partial charge is 0.483 e. The molecule has 4 aromatic carbocycles. The molecule has 0 radical (unpaired) electrons. The Morgan fingerprint density at radius 3 is 2.39 bits per heavy atom. The Labute approximate surface area is 229 Å². The molecule has 38 heavy (non-hydrogen) atoms. The van der Waals surface area contributed by atoms with E-state index in [0.717, 1.165) is 34.7 Å². The number of hydrogen-bond donors (Lipinski definition) is 1. The maximum atomic E-state index is 13.8. The van der Waals surface area contributed by atoms with E-state index >= 15 is 0 Å². The number of ether oxygens (including phenoxy) is 1. The molecule has 1 N–H and O–H groups in total. The molecule has 4 rings (SSSR count). The minimum Gasteiger partial charge on any atom is -0.483 e. The van der Waals surface area contributed by atoms with Crippen LogP contribution in [-0.2, 0) is 22.6 Å². The first-order valence-corrected chi connectivity index (χ1v) is 13.4. The Morgan fingerprint density at radius 1 is 0.895 bits per heavy atom. The van der Waals surface area contributed by atoms with Crippen LogP contribution < -0.4 is 10.1 Å². The molecule has 0 bridgehead atoms. The number of amides is 2. The van der Waals surface area contributed by atoms with Gasteiger partial charge in [-0.15, -0.1) is 0 Å². The summed E-state index contributed by atoms with van der Waals surface area (Å²) >= 11 is 6.25. The first kappa shape index (κ1) is 27.2. The van der Waals surface area contributed by atoms with Crippen molar-refractivity contribution in [1.82, 2.24) is 10.2 Å². The van der Waals surface area contributed by atoms with Gasteiger partial charge in [-0.3, -0.25) is 9.59 Å². The number of fused-ring (bicyclic) bond motifs is 1. The number of hydrogen-bond acceptors (Lipinski definition) is 3. The van der Waals surface area contributed by atoms with Crippen molar-refractivity contribution in [3.8, 4) is 5.75 Å². The third kappa shape index (κ3) is 7.36. The fourth-order valence-electron chi connectivity index (χ4n) is 4.44. The second kappa shape index (κ2) is 13.6. The monoisotopic (exact) mass is 528 g/mol. The molecule has 0 aromatic heterocycles. The minimum atomic E-state index is -0.711. The number of nitrogens with zero attached hydrogens (tertiary/aromatic N) is 1. The van der Waals surface area contributed by atoms with Gasteiger partial charge in [0.25, 0.3) is 5.91 Å². The van der Waals surface area contributed by atoms with Crippen LogP contribution in [0.25, 0.3) is 10.8 Å². The first-order chi connectivity index (χ1) is 18.5. The number of nitrogens with one attached hydrogen (secondary N) is 1. The van der Waals surface area contributed by atoms with Gasteiger partial charge in [-0.05, 0) is 41.1 Å². The zero-order valence-corrected chi connectivity index (χ0v) is 22.4. The molecule has 0 aliphatic rings. The van der Waals surface area contributed by atoms with Gasteiger partial charge in [0.2, 0.25) is 5.91 Å². The van der Waals surface area contributed by atoms with E-state index in [4.69, 9.17) is 16.3 Å². The van der Waals surface area contributed by atoms with Crippen molar-refractivity contribution in [2.75, 3.05) is 13.2 Å². The topological polar surface area (TPSA) is 58.6 Å². The van der Waals surface area contributed by atoms with Crippen LogP contribution in [-0.4, -0.2) is 35.9 Å². The molecule has 0 spiro atoms. The number of unbranched alkanes of at least 4 members (excludes halogenated alkanes) is 1. The van der Waals surface area contributed by atoms with Crippen molar-refractivity contribution in [3.05, 3.63) is 113 Å². The fraction of sp³-hybridized carbons (Fsp3) is 0.250. The second-order valence-electron chi connectivity index (χ2n) is 9.27. The molecule has 5 nitrogen and oxygen atoms in total. The van der Waals surface area contributed by atoms with Crippen LogP contribution in [0.4, 0.5) is 0 Å². The predicted molar refractivity (Wildman–Crippen MR) is 153 cm³/mol. The summed E-state index contributed by atoms with van der Waals surface area (Å²) in [6.07, 6.45) is 2.23. The summed E-state index contributed by atoms with van der Waals surface area (Å²) < 4.78 is 6.05. The molecular formula is C32H33ClN2O3. The average molecular weight is 529 g/mol. The number of carbonyl (C=O) groups is 2. The highest BCUT2D eigenvalue weighted by Gasteiger charge is 2.30. The minimum absolute atomic E-state index is 0.178. The van der Waals surface area contributed by atoms with Crippen LogP contribution in [0.5, 0.6) is 5.75 Å². The summed E-state index contributed by atoms with van der Waals surface area (Å²) in [6, 6.07) is 30.1. The lowest BCUT2D eigenvalue weighted by atomic mass is 10.0. The number of halogens is 1. The van der Waals surface area contributed by atoms with E-state index in [2.05, 4.69) is 12.2 Å². The van der Waals surface area contributed by atoms with Crippen LogP contribution in [0.1, 0.15) is 30.9 Å². The normalized spacial score (nSPS) is 11.6. The Bertz CT molecular complexity index is 1350. The lowest BCUT2D eigenvalue weighted by Crippen LogP contribution is -2.51. The molecule has 6 heteroatoms. The quantitative estimate of drug-likeness (QED) is 0.216. The van der Waals surface area contributed by atoms with Crippen molar-refractivity contribution < 1.29 is 14.3 Å². The van der Waals surface area contributed by atoms with Crippen molar-refractivity contribution in [2.45, 2.75) is 38.8 Å². The maximum Gasteiger partial charge on any atom is 0.261 e. The van der Waals surface area contributed by atoms with Crippen molar-refractivity contribution in [2.24, 2.45) is 0 Å². The third-order valence-corrected chi connectivity index (χ3v) is 6.68. The van der Waals surface area contributed by atoms with Crippen molar-refractivity contribution in [1.29, 1.82) is 0 Å². The SMILES string of the molecule is CCCCNC(=O)C(Cc1ccccc1)N(Cc1cccc(Cl)c1)C(=O)COc1cccc2ccccc12. The fourth-order valence-corrected chi connectivity index (χ4v) is 4.65. The van der Waals surface area contributed by atoms with E-state index in [9.17, 15) is 9.59 Å². The van der Waals surface area contributed by atoms with Gasteiger partial charge in [0, 0.05) is 29.9 Å². The van der Waals surface area contributed by atoms with Crippen LogP contribution in [0.2, 0.25) is 5.02 Å². The molecule has 4 aromatic rings. The van der Waals surface area contributed by atoms with E-state index in [1.54, 1.807) is 11.0 Å². The molecule has 196 valence electrons. The highest BCUT2D eigenvalue weighted by atomic mass is 35.5. The van der Waals surface area contributed by atoms with Gasteiger partial charge in [0.15, 0.2) is 6.61 Å². The highest BCUT2D eigenvalue weighted by Crippen LogP contribution is 2.25. The van der Waals surface area contributed by atoms with Gasteiger partial charge >= 0.3 is 0 Å². The number of rotatable bonds is 12. The smallest absolute Gasteiger partial charge is 0.261 e. The molecule has 0 saturated carbocycles. The summed E-state index contributed by atoms with van der Waals surface area (Å²) in [6.45, 7) is 2.68. The van der Waals surface area contributed by atoms with Crippen LogP contribution in [0.3, 0.4) is 0 Å². The maximum absolute atomic E-state index is 13.8. The van der Waals surface area contributed by atoms with Crippen molar-refractivity contribution in [3.63, 3.8) is 0 Å². The van der Waals surface area contributed by atoms with Gasteiger partial charge in [0.05, 0.1) is 0 Å². The standard InChI is InChI=1S/C32H33ClN2O3/c1-2-3-19-34-32(37)29(21-24-11-5-4-6-12-24)35(22-25-13-9-16-27(33)20-25)31(36)23-38-30-18-10-15-26-14-7-8-17-28(26)30/h4-18,20,29H,2-3,19,21-23H2,1H3,(H,34,37). The molecule has 1 unspecified atom stereocenters. The third-order valence-electron chi connectivity index (χ3n) is 6.44. The Kier molecular flexibility index (Phi) is 9.77. The second-order valence-corrected chi connectivity index (χ2v) is 9.70. The molecule has 1 atom stereocenters. The van der Waals surface area contributed by atoms with Gasteiger partial charge in [-0.1, -0.05) is 104 Å². The zero-order valence-electron chi connectivity index (χ0n) is 21.6. The van der Waals surface area contributed by atoms with E-state index in [1.807, 2.05) is 91.0 Å².